The third-order valence-electron chi connectivity index (χ3n) is 6.10. The summed E-state index contributed by atoms with van der Waals surface area (Å²) in [6.45, 7) is 1.81. The molecule has 0 aliphatic rings. The van der Waals surface area contributed by atoms with Gasteiger partial charge in [-0.15, -0.1) is 5.11 Å². The fraction of sp³-hybridized carbons (Fsp3) is 0.0333. The van der Waals surface area contributed by atoms with E-state index >= 15 is 0 Å². The van der Waals surface area contributed by atoms with Crippen molar-refractivity contribution in [1.82, 2.24) is 0 Å². The number of hydrogen-bond donors (Lipinski definition) is 3. The molecule has 11 heteroatoms. The molecule has 5 aromatic carbocycles. The van der Waals surface area contributed by atoms with Gasteiger partial charge in [-0.2, -0.15) is 23.8 Å². The van der Waals surface area contributed by atoms with E-state index < -0.39 is 10.1 Å². The maximum atomic E-state index is 12.5. The van der Waals surface area contributed by atoms with Crippen LogP contribution in [0.4, 0.5) is 28.4 Å². The van der Waals surface area contributed by atoms with Crippen LogP contribution in [0.25, 0.3) is 10.8 Å². The molecule has 0 aromatic heterocycles. The van der Waals surface area contributed by atoms with Gasteiger partial charge in [0.05, 0.1) is 22.0 Å². The van der Waals surface area contributed by atoms with E-state index in [0.717, 1.165) is 5.39 Å². The predicted octanol–water partition coefficient (Wildman–Crippen LogP) is 8.18. The van der Waals surface area contributed by atoms with E-state index in [0.29, 0.717) is 45.0 Å². The van der Waals surface area contributed by atoms with Crippen molar-refractivity contribution in [3.05, 3.63) is 114 Å². The second kappa shape index (κ2) is 11.5. The Balaban J connectivity index is 1.29. The van der Waals surface area contributed by atoms with Crippen LogP contribution < -0.4 is 5.32 Å². The number of aryl methyl sites for hydroxylation is 1. The molecule has 0 fully saturated rings. The highest BCUT2D eigenvalue weighted by atomic mass is 32.2. The Morgan fingerprint density at radius 1 is 0.732 bits per heavy atom. The number of benzene rings is 5. The van der Waals surface area contributed by atoms with Crippen LogP contribution >= 0.6 is 0 Å². The van der Waals surface area contributed by atoms with Gasteiger partial charge in [-0.25, -0.2) is 0 Å². The monoisotopic (exact) mass is 565 g/mol. The number of fused-ring (bicyclic) bond motifs is 1. The molecule has 204 valence electrons. The molecule has 0 radical (unpaired) electrons. The van der Waals surface area contributed by atoms with E-state index in [1.54, 1.807) is 66.7 Å². The molecule has 3 N–H and O–H groups in total. The minimum atomic E-state index is -4.27. The Bertz CT molecular complexity index is 1910. The maximum absolute atomic E-state index is 12.5. The van der Waals surface area contributed by atoms with E-state index in [9.17, 15) is 18.3 Å². The lowest BCUT2D eigenvalue weighted by Gasteiger charge is -2.10. The van der Waals surface area contributed by atoms with Crippen LogP contribution in [0.3, 0.4) is 0 Å². The first kappa shape index (κ1) is 27.3. The smallest absolute Gasteiger partial charge is 0.294 e. The number of aromatic hydroxyl groups is 1. The molecule has 0 bridgehead atoms. The van der Waals surface area contributed by atoms with Gasteiger partial charge in [-0.05, 0) is 103 Å². The summed E-state index contributed by atoms with van der Waals surface area (Å²) in [5.41, 5.74) is 3.65. The normalized spacial score (nSPS) is 11.9. The highest BCUT2D eigenvalue weighted by Crippen LogP contribution is 2.39. The summed E-state index contributed by atoms with van der Waals surface area (Å²) >= 11 is 0. The lowest BCUT2D eigenvalue weighted by Crippen LogP contribution is -2.11. The lowest BCUT2D eigenvalue weighted by atomic mass is 10.0. The van der Waals surface area contributed by atoms with E-state index in [1.165, 1.54) is 24.3 Å². The zero-order chi connectivity index (χ0) is 29.0. The molecule has 0 saturated carbocycles. The Morgan fingerprint density at radius 3 is 1.88 bits per heavy atom. The number of rotatable bonds is 7. The number of carbonyl (C=O) groups is 1. The SMILES string of the molecule is Cc1cc2cc(NC(=O)c3ccccc3)ccc2c(O)c1N=Nc1ccc(N=Nc2ccc(S(=O)(=O)O)cc2)cc1. The molecule has 0 unspecified atom stereocenters. The van der Waals surface area contributed by atoms with Crippen molar-refractivity contribution in [2.24, 2.45) is 20.5 Å². The van der Waals surface area contributed by atoms with Crippen molar-refractivity contribution in [3.8, 4) is 5.75 Å². The molecule has 1 amide bonds. The maximum Gasteiger partial charge on any atom is 0.294 e. The van der Waals surface area contributed by atoms with E-state index in [4.69, 9.17) is 4.55 Å². The van der Waals surface area contributed by atoms with E-state index in [2.05, 4.69) is 25.8 Å². The average Bonchev–Trinajstić information content (AvgIpc) is 2.96. The summed E-state index contributed by atoms with van der Waals surface area (Å²) < 4.78 is 31.3. The van der Waals surface area contributed by atoms with Crippen LogP contribution in [0, 0.1) is 6.92 Å². The van der Waals surface area contributed by atoms with E-state index in [1.807, 2.05) is 19.1 Å². The molecule has 0 saturated heterocycles. The molecular formula is C30H23N5O5S. The Hall–Kier alpha value is -5.26. The first-order chi connectivity index (χ1) is 19.7. The number of phenolic OH excluding ortho intramolecular Hbond substituents is 1. The molecule has 0 aliphatic carbocycles. The summed E-state index contributed by atoms with van der Waals surface area (Å²) in [6, 6.07) is 28.1. The van der Waals surface area contributed by atoms with Gasteiger partial charge in [-0.1, -0.05) is 18.2 Å². The molecular weight excluding hydrogens is 542 g/mol. The van der Waals surface area contributed by atoms with Crippen molar-refractivity contribution >= 4 is 55.2 Å². The molecule has 5 aromatic rings. The molecule has 5 rings (SSSR count). The van der Waals surface area contributed by atoms with Crippen molar-refractivity contribution in [2.45, 2.75) is 11.8 Å². The predicted molar refractivity (Wildman–Crippen MR) is 156 cm³/mol. The van der Waals surface area contributed by atoms with Gasteiger partial charge < -0.3 is 10.4 Å². The summed E-state index contributed by atoms with van der Waals surface area (Å²) in [4.78, 5) is 12.3. The van der Waals surface area contributed by atoms with Crippen LogP contribution in [0.15, 0.2) is 128 Å². The topological polar surface area (TPSA) is 153 Å². The summed E-state index contributed by atoms with van der Waals surface area (Å²) in [6.07, 6.45) is 0. The Labute approximate surface area is 235 Å². The summed E-state index contributed by atoms with van der Waals surface area (Å²) in [5.74, 6) is -0.242. The van der Waals surface area contributed by atoms with Crippen LogP contribution in [0.5, 0.6) is 5.75 Å². The van der Waals surface area contributed by atoms with Crippen LogP contribution in [0.1, 0.15) is 15.9 Å². The van der Waals surface area contributed by atoms with Gasteiger partial charge in [0, 0.05) is 16.6 Å². The number of carbonyl (C=O) groups excluding carboxylic acids is 1. The average molecular weight is 566 g/mol. The quantitative estimate of drug-likeness (QED) is 0.134. The standard InChI is InChI=1S/C30H23N5O5S/c1-19-17-21-18-25(31-30(37)20-5-3-2-4-6-20)13-16-27(21)29(36)28(19)35-34-23-9-7-22(8-10-23)32-33-24-11-14-26(15-12-24)41(38,39)40/h2-18,36H,1H3,(H,31,37)(H,38,39,40). The number of azo groups is 2. The minimum absolute atomic E-state index is 0.0184. The molecule has 0 atom stereocenters. The number of nitrogens with one attached hydrogen (secondary N) is 1. The summed E-state index contributed by atoms with van der Waals surface area (Å²) in [5, 5.41) is 31.8. The van der Waals surface area contributed by atoms with Gasteiger partial charge in [0.15, 0.2) is 5.75 Å². The van der Waals surface area contributed by atoms with Crippen molar-refractivity contribution in [3.63, 3.8) is 0 Å². The zero-order valence-corrected chi connectivity index (χ0v) is 22.4. The third-order valence-corrected chi connectivity index (χ3v) is 6.97. The first-order valence-corrected chi connectivity index (χ1v) is 13.8. The number of amides is 1. The van der Waals surface area contributed by atoms with Gasteiger partial charge in [0.25, 0.3) is 16.0 Å². The first-order valence-electron chi connectivity index (χ1n) is 12.3. The molecule has 0 spiro atoms. The van der Waals surface area contributed by atoms with Gasteiger partial charge >= 0.3 is 0 Å². The minimum Gasteiger partial charge on any atom is -0.505 e. The van der Waals surface area contributed by atoms with Gasteiger partial charge in [0.1, 0.15) is 5.69 Å². The second-order valence-electron chi connectivity index (χ2n) is 9.03. The number of hydrogen-bond acceptors (Lipinski definition) is 8. The molecule has 10 nitrogen and oxygen atoms in total. The molecule has 0 heterocycles. The number of anilines is 1. The van der Waals surface area contributed by atoms with Crippen LogP contribution in [-0.2, 0) is 10.1 Å². The highest BCUT2D eigenvalue weighted by molar-refractivity contribution is 7.85. The van der Waals surface area contributed by atoms with E-state index in [-0.39, 0.29) is 16.6 Å². The van der Waals surface area contributed by atoms with Gasteiger partial charge in [-0.3, -0.25) is 9.35 Å². The van der Waals surface area contributed by atoms with Crippen LogP contribution in [0.2, 0.25) is 0 Å². The van der Waals surface area contributed by atoms with Crippen molar-refractivity contribution in [2.75, 3.05) is 5.32 Å². The third kappa shape index (κ3) is 6.49. The summed E-state index contributed by atoms with van der Waals surface area (Å²) in [7, 11) is -4.27. The highest BCUT2D eigenvalue weighted by Gasteiger charge is 2.12. The van der Waals surface area contributed by atoms with Crippen molar-refractivity contribution in [1.29, 1.82) is 0 Å². The largest absolute Gasteiger partial charge is 0.505 e. The van der Waals surface area contributed by atoms with Gasteiger partial charge in [0.2, 0.25) is 0 Å². The molecule has 0 aliphatic heterocycles. The number of phenols is 1. The van der Waals surface area contributed by atoms with Crippen molar-refractivity contribution < 1.29 is 22.9 Å². The Kier molecular flexibility index (Phi) is 7.64. The fourth-order valence-corrected chi connectivity index (χ4v) is 4.48. The van der Waals surface area contributed by atoms with Crippen LogP contribution in [-0.4, -0.2) is 24.0 Å². The Morgan fingerprint density at radius 2 is 1.29 bits per heavy atom. The lowest BCUT2D eigenvalue weighted by molar-refractivity contribution is 0.102. The zero-order valence-electron chi connectivity index (χ0n) is 21.6. The number of nitrogens with zero attached hydrogens (tertiary/aromatic N) is 4. The second-order valence-corrected chi connectivity index (χ2v) is 10.5. The fourth-order valence-electron chi connectivity index (χ4n) is 4.00. The molecule has 41 heavy (non-hydrogen) atoms.